The van der Waals surface area contributed by atoms with E-state index in [4.69, 9.17) is 11.6 Å². The number of halogens is 1. The molecule has 0 aromatic carbocycles. The Morgan fingerprint density at radius 1 is 1.62 bits per heavy atom. The van der Waals surface area contributed by atoms with Crippen molar-refractivity contribution in [3.05, 3.63) is 22.3 Å². The van der Waals surface area contributed by atoms with Crippen molar-refractivity contribution in [3.63, 3.8) is 0 Å². The summed E-state index contributed by atoms with van der Waals surface area (Å²) in [6, 6.07) is 0. The Hall–Kier alpha value is -0.900. The molecule has 0 amide bonds. The molecule has 1 aromatic rings. The molecule has 5 heteroatoms. The fourth-order valence-corrected chi connectivity index (χ4v) is 1.20. The lowest BCUT2D eigenvalue weighted by Crippen LogP contribution is -2.22. The first-order valence-electron chi connectivity index (χ1n) is 3.97. The molecule has 0 fully saturated rings. The molecule has 1 rings (SSSR count). The Bertz CT molecular complexity index is 303. The minimum Gasteiger partial charge on any atom is -0.242 e. The Balaban J connectivity index is 2.97. The van der Waals surface area contributed by atoms with Gasteiger partial charge in [0.15, 0.2) is 6.17 Å². The smallest absolute Gasteiger partial charge is 0.187 e. The van der Waals surface area contributed by atoms with E-state index in [9.17, 15) is 4.91 Å². The van der Waals surface area contributed by atoms with E-state index >= 15 is 0 Å². The van der Waals surface area contributed by atoms with Gasteiger partial charge in [0, 0.05) is 11.6 Å². The van der Waals surface area contributed by atoms with Gasteiger partial charge in [0.2, 0.25) is 0 Å². The molecular formula is C8H12ClN3O. The summed E-state index contributed by atoms with van der Waals surface area (Å²) in [6.07, 6.45) is 2.57. The van der Waals surface area contributed by atoms with Crippen LogP contribution in [0, 0.1) is 10.3 Å². The van der Waals surface area contributed by atoms with Crippen molar-refractivity contribution >= 4 is 11.6 Å². The van der Waals surface area contributed by atoms with Crippen molar-refractivity contribution in [2.45, 2.75) is 26.9 Å². The molecule has 0 saturated heterocycles. The van der Waals surface area contributed by atoms with Crippen molar-refractivity contribution in [1.29, 1.82) is 0 Å². The van der Waals surface area contributed by atoms with Crippen LogP contribution in [0.3, 0.4) is 0 Å². The summed E-state index contributed by atoms with van der Waals surface area (Å²) in [7, 11) is 0. The maximum atomic E-state index is 10.6. The van der Waals surface area contributed by atoms with E-state index in [1.165, 1.54) is 10.9 Å². The highest BCUT2D eigenvalue weighted by Gasteiger charge is 2.27. The van der Waals surface area contributed by atoms with E-state index < -0.39 is 6.17 Å². The summed E-state index contributed by atoms with van der Waals surface area (Å²) in [5, 5.41) is 7.49. The highest BCUT2D eigenvalue weighted by Crippen LogP contribution is 2.31. The Labute approximate surface area is 81.9 Å². The number of hydrogen-bond donors (Lipinski definition) is 0. The van der Waals surface area contributed by atoms with Crippen molar-refractivity contribution in [2.75, 3.05) is 0 Å². The molecule has 72 valence electrons. The molecule has 1 unspecified atom stereocenters. The van der Waals surface area contributed by atoms with Crippen LogP contribution in [-0.2, 0) is 0 Å². The van der Waals surface area contributed by atoms with Gasteiger partial charge in [-0.05, 0) is 5.18 Å². The second kappa shape index (κ2) is 3.46. The van der Waals surface area contributed by atoms with Crippen molar-refractivity contribution in [1.82, 2.24) is 9.78 Å². The monoisotopic (exact) mass is 201 g/mol. The predicted octanol–water partition coefficient (Wildman–Crippen LogP) is 2.85. The zero-order chi connectivity index (χ0) is 10.1. The fourth-order valence-electron chi connectivity index (χ4n) is 1.05. The van der Waals surface area contributed by atoms with Crippen molar-refractivity contribution < 1.29 is 0 Å². The third-order valence-corrected chi connectivity index (χ3v) is 1.89. The second-order valence-corrected chi connectivity index (χ2v) is 4.42. The molecule has 1 aromatic heterocycles. The van der Waals surface area contributed by atoms with Crippen LogP contribution in [0.2, 0.25) is 5.02 Å². The van der Waals surface area contributed by atoms with Crippen LogP contribution in [0.15, 0.2) is 17.6 Å². The zero-order valence-electron chi connectivity index (χ0n) is 7.86. The minimum absolute atomic E-state index is 0.253. The summed E-state index contributed by atoms with van der Waals surface area (Å²) in [6.45, 7) is 5.78. The van der Waals surface area contributed by atoms with E-state index in [0.29, 0.717) is 5.02 Å². The Kier molecular flexibility index (Phi) is 2.71. The second-order valence-electron chi connectivity index (χ2n) is 3.98. The molecule has 0 saturated carbocycles. The highest BCUT2D eigenvalue weighted by atomic mass is 35.5. The number of nitroso groups, excluding NO2 is 1. The van der Waals surface area contributed by atoms with Gasteiger partial charge in [-0.1, -0.05) is 32.4 Å². The SMILES string of the molecule is CC(C)(C)C(N=O)n1cc(Cl)cn1. The highest BCUT2D eigenvalue weighted by molar-refractivity contribution is 6.30. The molecule has 0 aliphatic heterocycles. The third-order valence-electron chi connectivity index (χ3n) is 1.70. The van der Waals surface area contributed by atoms with Crippen LogP contribution >= 0.6 is 11.6 Å². The zero-order valence-corrected chi connectivity index (χ0v) is 8.62. The van der Waals surface area contributed by atoms with E-state index in [-0.39, 0.29) is 5.41 Å². The average Bonchev–Trinajstić information content (AvgIpc) is 2.34. The minimum atomic E-state index is -0.514. The lowest BCUT2D eigenvalue weighted by atomic mass is 9.93. The average molecular weight is 202 g/mol. The van der Waals surface area contributed by atoms with Crippen LogP contribution in [0.1, 0.15) is 26.9 Å². The molecule has 13 heavy (non-hydrogen) atoms. The molecule has 0 N–H and O–H groups in total. The molecule has 0 spiro atoms. The van der Waals surface area contributed by atoms with E-state index in [0.717, 1.165) is 0 Å². The topological polar surface area (TPSA) is 47.2 Å². The van der Waals surface area contributed by atoms with Crippen LogP contribution < -0.4 is 0 Å². The number of hydrogen-bond acceptors (Lipinski definition) is 3. The fraction of sp³-hybridized carbons (Fsp3) is 0.625. The van der Waals surface area contributed by atoms with Gasteiger partial charge in [-0.3, -0.25) is 0 Å². The van der Waals surface area contributed by atoms with E-state index in [1.54, 1.807) is 6.20 Å². The van der Waals surface area contributed by atoms with E-state index in [1.807, 2.05) is 20.8 Å². The Morgan fingerprint density at radius 3 is 2.54 bits per heavy atom. The first-order chi connectivity index (χ1) is 5.95. The maximum Gasteiger partial charge on any atom is 0.187 e. The summed E-state index contributed by atoms with van der Waals surface area (Å²) in [4.78, 5) is 10.6. The number of rotatable bonds is 2. The van der Waals surface area contributed by atoms with Crippen LogP contribution in [0.25, 0.3) is 0 Å². The molecule has 0 aliphatic rings. The molecule has 1 atom stereocenters. The van der Waals surface area contributed by atoms with Crippen molar-refractivity contribution in [2.24, 2.45) is 10.6 Å². The number of aromatic nitrogens is 2. The molecule has 4 nitrogen and oxygen atoms in total. The summed E-state index contributed by atoms with van der Waals surface area (Å²) < 4.78 is 1.48. The van der Waals surface area contributed by atoms with Gasteiger partial charge in [0.25, 0.3) is 0 Å². The van der Waals surface area contributed by atoms with Crippen LogP contribution in [-0.4, -0.2) is 9.78 Å². The van der Waals surface area contributed by atoms with Gasteiger partial charge in [0.1, 0.15) is 0 Å². The van der Waals surface area contributed by atoms with Crippen LogP contribution in [0.5, 0.6) is 0 Å². The third kappa shape index (κ3) is 2.28. The van der Waals surface area contributed by atoms with Gasteiger partial charge in [0.05, 0.1) is 11.2 Å². The van der Waals surface area contributed by atoms with Gasteiger partial charge in [-0.2, -0.15) is 5.10 Å². The first-order valence-corrected chi connectivity index (χ1v) is 4.35. The van der Waals surface area contributed by atoms with Gasteiger partial charge < -0.3 is 0 Å². The van der Waals surface area contributed by atoms with Gasteiger partial charge >= 0.3 is 0 Å². The van der Waals surface area contributed by atoms with Crippen LogP contribution in [0.4, 0.5) is 0 Å². The molecule has 0 aliphatic carbocycles. The summed E-state index contributed by atoms with van der Waals surface area (Å²) >= 11 is 5.68. The molecule has 0 bridgehead atoms. The predicted molar refractivity (Wildman–Crippen MR) is 51.5 cm³/mol. The standard InChI is InChI=1S/C8H12ClN3O/c1-8(2,3)7(11-13)12-5-6(9)4-10-12/h4-5,7H,1-3H3. The molecule has 0 radical (unpaired) electrons. The van der Waals surface area contributed by atoms with Gasteiger partial charge in [-0.25, -0.2) is 4.68 Å². The largest absolute Gasteiger partial charge is 0.242 e. The van der Waals surface area contributed by atoms with Crippen molar-refractivity contribution in [3.8, 4) is 0 Å². The van der Waals surface area contributed by atoms with E-state index in [2.05, 4.69) is 10.3 Å². The lowest BCUT2D eigenvalue weighted by Gasteiger charge is -2.24. The Morgan fingerprint density at radius 2 is 2.23 bits per heavy atom. The molecule has 1 heterocycles. The normalized spacial score (nSPS) is 14.2. The maximum absolute atomic E-state index is 10.6. The summed E-state index contributed by atoms with van der Waals surface area (Å²) in [5.74, 6) is 0. The first kappa shape index (κ1) is 10.2. The lowest BCUT2D eigenvalue weighted by molar-refractivity contribution is 0.232. The molecular weight excluding hydrogens is 190 g/mol. The quantitative estimate of drug-likeness (QED) is 0.691. The number of nitrogens with zero attached hydrogens (tertiary/aromatic N) is 3. The summed E-state index contributed by atoms with van der Waals surface area (Å²) in [5.41, 5.74) is -0.253. The van der Waals surface area contributed by atoms with Gasteiger partial charge in [-0.15, -0.1) is 4.91 Å².